The van der Waals surface area contributed by atoms with E-state index >= 15 is 0 Å². The Labute approximate surface area is 153 Å². The molecule has 3 N–H and O–H groups in total. The van der Waals surface area contributed by atoms with Crippen LogP contribution in [0.3, 0.4) is 0 Å². The molecule has 2 aromatic carbocycles. The molecule has 0 bridgehead atoms. The predicted octanol–water partition coefficient (Wildman–Crippen LogP) is 2.79. The van der Waals surface area contributed by atoms with Gasteiger partial charge in [-0.25, -0.2) is 4.98 Å². The highest BCUT2D eigenvalue weighted by atomic mass is 16.4. The van der Waals surface area contributed by atoms with Gasteiger partial charge in [-0.1, -0.05) is 45.0 Å². The molecule has 5 heteroatoms. The third-order valence-electron chi connectivity index (χ3n) is 3.63. The lowest BCUT2D eigenvalue weighted by Crippen LogP contribution is -2.57. The third-order valence-corrected chi connectivity index (χ3v) is 3.63. The number of fused-ring (bicyclic) bond motifs is 1. The molecule has 0 saturated carbocycles. The van der Waals surface area contributed by atoms with Gasteiger partial charge >= 0.3 is 0 Å². The number of carbonyl (C=O) groups is 1. The number of benzene rings is 2. The van der Waals surface area contributed by atoms with Gasteiger partial charge in [-0.05, 0) is 43.0 Å². The van der Waals surface area contributed by atoms with Crippen LogP contribution in [0, 0.1) is 0 Å². The first-order valence-corrected chi connectivity index (χ1v) is 8.64. The van der Waals surface area contributed by atoms with Gasteiger partial charge in [0.1, 0.15) is 5.52 Å². The van der Waals surface area contributed by atoms with Gasteiger partial charge < -0.3 is 20.1 Å². The normalized spacial score (nSPS) is 11.3. The second-order valence-electron chi connectivity index (χ2n) is 7.68. The van der Waals surface area contributed by atoms with Crippen molar-refractivity contribution >= 4 is 17.1 Å². The first kappa shape index (κ1) is 19.7. The van der Waals surface area contributed by atoms with E-state index in [0.717, 1.165) is 11.1 Å². The van der Waals surface area contributed by atoms with Crippen LogP contribution in [0.4, 0.5) is 0 Å². The fraction of sp³-hybridized carbons (Fsp3) is 0.333. The van der Waals surface area contributed by atoms with Crippen LogP contribution in [-0.2, 0) is 5.41 Å². The van der Waals surface area contributed by atoms with Crippen molar-refractivity contribution in [3.63, 3.8) is 0 Å². The van der Waals surface area contributed by atoms with Gasteiger partial charge in [0, 0.05) is 11.1 Å². The van der Waals surface area contributed by atoms with Crippen molar-refractivity contribution in [2.24, 2.45) is 0 Å². The molecule has 0 radical (unpaired) electrons. The molecule has 0 spiro atoms. The first-order valence-electron chi connectivity index (χ1n) is 8.64. The topological polar surface area (TPSA) is 93.8 Å². The van der Waals surface area contributed by atoms with Crippen molar-refractivity contribution in [1.29, 1.82) is 0 Å². The predicted molar refractivity (Wildman–Crippen MR) is 100 cm³/mol. The highest BCUT2D eigenvalue weighted by Gasteiger charge is 2.17. The maximum absolute atomic E-state index is 11.2. The van der Waals surface area contributed by atoms with E-state index in [4.69, 9.17) is 4.42 Å². The van der Waals surface area contributed by atoms with E-state index in [9.17, 15) is 9.90 Å². The minimum Gasteiger partial charge on any atom is -0.545 e. The number of nitrogens with zero attached hydrogens (tertiary/aromatic N) is 1. The lowest BCUT2D eigenvalue weighted by Gasteiger charge is -2.18. The number of hydrogen-bond donors (Lipinski definition) is 1. The molecule has 0 aliphatic heterocycles. The van der Waals surface area contributed by atoms with Crippen LogP contribution in [0.15, 0.2) is 46.9 Å². The standard InChI is InChI=1S/C18H17NO3.C3H9N/c1-18(2,3)11-8-9-15-14(10-11)19-16(22-15)12-6-4-5-7-13(12)17(20)21;1-3(2)4/h4-10H,1-3H3,(H,20,21);3H,4H2,1-2H3. The zero-order valence-electron chi connectivity index (χ0n) is 16.0. The second-order valence-corrected chi connectivity index (χ2v) is 7.68. The van der Waals surface area contributed by atoms with Crippen LogP contribution in [0.5, 0.6) is 0 Å². The van der Waals surface area contributed by atoms with E-state index in [0.29, 0.717) is 23.1 Å². The number of aromatic nitrogens is 1. The Balaban J connectivity index is 0.000000552. The maximum atomic E-state index is 11.2. The monoisotopic (exact) mass is 354 g/mol. The molecule has 1 aromatic heterocycles. The molecule has 0 saturated heterocycles. The quantitative estimate of drug-likeness (QED) is 0.765. The molecule has 0 atom stereocenters. The fourth-order valence-electron chi connectivity index (χ4n) is 2.36. The minimum absolute atomic E-state index is 0.0101. The van der Waals surface area contributed by atoms with Gasteiger partial charge in [0.05, 0.1) is 12.0 Å². The number of aromatic carboxylic acids is 1. The van der Waals surface area contributed by atoms with Crippen molar-refractivity contribution < 1.29 is 20.1 Å². The smallest absolute Gasteiger partial charge is 0.227 e. The van der Waals surface area contributed by atoms with Crippen LogP contribution < -0.4 is 10.8 Å². The van der Waals surface area contributed by atoms with Crippen LogP contribution in [0.25, 0.3) is 22.6 Å². The van der Waals surface area contributed by atoms with E-state index in [-0.39, 0.29) is 11.0 Å². The molecule has 0 amide bonds. The zero-order valence-corrected chi connectivity index (χ0v) is 16.0. The summed E-state index contributed by atoms with van der Waals surface area (Å²) in [5.74, 6) is -0.950. The Morgan fingerprint density at radius 3 is 2.35 bits per heavy atom. The summed E-state index contributed by atoms with van der Waals surface area (Å²) in [6.07, 6.45) is 0. The average Bonchev–Trinajstić information content (AvgIpc) is 2.96. The molecule has 5 nitrogen and oxygen atoms in total. The molecule has 1 heterocycles. The van der Waals surface area contributed by atoms with Gasteiger partial charge in [-0.2, -0.15) is 0 Å². The Hall–Kier alpha value is -2.66. The van der Waals surface area contributed by atoms with Crippen molar-refractivity contribution in [2.75, 3.05) is 0 Å². The molecule has 0 aliphatic carbocycles. The summed E-state index contributed by atoms with van der Waals surface area (Å²) in [5, 5.41) is 11.2. The molecule has 3 aromatic rings. The fourth-order valence-corrected chi connectivity index (χ4v) is 2.36. The number of carbonyl (C=O) groups excluding carboxylic acids is 1. The summed E-state index contributed by atoms with van der Waals surface area (Å²) >= 11 is 0. The summed E-state index contributed by atoms with van der Waals surface area (Å²) < 4.78 is 5.71. The van der Waals surface area contributed by atoms with Crippen molar-refractivity contribution in [1.82, 2.24) is 4.98 Å². The molecular weight excluding hydrogens is 328 g/mol. The largest absolute Gasteiger partial charge is 0.545 e. The van der Waals surface area contributed by atoms with Crippen LogP contribution in [0.1, 0.15) is 50.5 Å². The maximum Gasteiger partial charge on any atom is 0.227 e. The molecule has 26 heavy (non-hydrogen) atoms. The van der Waals surface area contributed by atoms with Crippen molar-refractivity contribution in [3.05, 3.63) is 53.6 Å². The lowest BCUT2D eigenvalue weighted by atomic mass is 9.87. The van der Waals surface area contributed by atoms with Crippen LogP contribution >= 0.6 is 0 Å². The first-order chi connectivity index (χ1) is 12.1. The number of rotatable bonds is 2. The average molecular weight is 354 g/mol. The molecule has 138 valence electrons. The summed E-state index contributed by atoms with van der Waals surface area (Å²) in [4.78, 5) is 15.7. The van der Waals surface area contributed by atoms with Crippen molar-refractivity contribution in [3.8, 4) is 11.5 Å². The Morgan fingerprint density at radius 1 is 1.15 bits per heavy atom. The van der Waals surface area contributed by atoms with Gasteiger partial charge in [-0.3, -0.25) is 0 Å². The highest BCUT2D eigenvalue weighted by Crippen LogP contribution is 2.30. The molecular formula is C21H26N2O3. The van der Waals surface area contributed by atoms with Crippen LogP contribution in [-0.4, -0.2) is 17.0 Å². The SMILES string of the molecule is CC(C)(C)c1ccc2oc(-c3ccccc3C(=O)[O-])nc2c1.CC(C)[NH3+]. The molecule has 0 fully saturated rings. The number of carboxylic acid groups (broad SMARTS) is 1. The Morgan fingerprint density at radius 2 is 1.77 bits per heavy atom. The van der Waals surface area contributed by atoms with Crippen LogP contribution in [0.2, 0.25) is 0 Å². The second kappa shape index (κ2) is 7.70. The van der Waals surface area contributed by atoms with Gasteiger partial charge in [-0.15, -0.1) is 0 Å². The highest BCUT2D eigenvalue weighted by molar-refractivity contribution is 5.94. The summed E-state index contributed by atoms with van der Waals surface area (Å²) in [5.41, 5.74) is 6.65. The number of hydrogen-bond acceptors (Lipinski definition) is 4. The Bertz CT molecular complexity index is 902. The number of oxazole rings is 1. The summed E-state index contributed by atoms with van der Waals surface area (Å²) in [6.45, 7) is 10.5. The van der Waals surface area contributed by atoms with E-state index < -0.39 is 5.97 Å². The number of quaternary nitrogens is 1. The molecule has 0 unspecified atom stereocenters. The minimum atomic E-state index is -1.24. The zero-order chi connectivity index (χ0) is 19.5. The number of carboxylic acids is 1. The summed E-state index contributed by atoms with van der Waals surface area (Å²) in [6, 6.07) is 13.0. The van der Waals surface area contributed by atoms with E-state index in [2.05, 4.69) is 45.3 Å². The van der Waals surface area contributed by atoms with E-state index in [1.807, 2.05) is 18.2 Å². The molecule has 0 aliphatic rings. The Kier molecular flexibility index (Phi) is 5.83. The molecule has 3 rings (SSSR count). The van der Waals surface area contributed by atoms with Gasteiger partial charge in [0.2, 0.25) is 5.89 Å². The van der Waals surface area contributed by atoms with E-state index in [1.165, 1.54) is 6.07 Å². The van der Waals surface area contributed by atoms with Gasteiger partial charge in [0.25, 0.3) is 0 Å². The van der Waals surface area contributed by atoms with E-state index in [1.54, 1.807) is 18.2 Å². The summed E-state index contributed by atoms with van der Waals surface area (Å²) in [7, 11) is 0. The third kappa shape index (κ3) is 4.70. The lowest BCUT2D eigenvalue weighted by molar-refractivity contribution is -0.407. The van der Waals surface area contributed by atoms with Crippen molar-refractivity contribution in [2.45, 2.75) is 46.1 Å². The van der Waals surface area contributed by atoms with Gasteiger partial charge in [0.15, 0.2) is 5.58 Å².